The van der Waals surface area contributed by atoms with Gasteiger partial charge in [-0.25, -0.2) is 0 Å². The summed E-state index contributed by atoms with van der Waals surface area (Å²) >= 11 is 0. The van der Waals surface area contributed by atoms with E-state index in [1.807, 2.05) is 58.1 Å². The molecule has 1 heterocycles. The minimum atomic E-state index is 0.00290. The third-order valence-electron chi connectivity index (χ3n) is 4.81. The van der Waals surface area contributed by atoms with E-state index in [1.165, 1.54) is 17.5 Å². The molecule has 0 spiro atoms. The third-order valence-corrected chi connectivity index (χ3v) is 4.81. The average Bonchev–Trinajstić information content (AvgIpc) is 3.49. The summed E-state index contributed by atoms with van der Waals surface area (Å²) in [6.45, 7) is 4.31. The number of hydrogen-bond donors (Lipinski definition) is 1. The highest BCUT2D eigenvalue weighted by Gasteiger charge is 2.20. The lowest BCUT2D eigenvalue weighted by Gasteiger charge is -2.11. The van der Waals surface area contributed by atoms with Crippen molar-refractivity contribution in [3.63, 3.8) is 0 Å². The summed E-state index contributed by atoms with van der Waals surface area (Å²) in [6, 6.07) is 13.8. The standard InChI is InChI=1S/C21H19N3O2.C3H7NO.C3H9N/c1-13(2)25-19-10-9-15(11-16(19)12-22)21-23-20(24-26-21)18-8-4-6-14-5-3-7-17(14)18;1-4-2-3-5;1-4(2)3/h4,6,8-11,13H,3,5,7H2,1-2H3;3-4H,2H2,1H3;1-3H3. The fourth-order valence-electron chi connectivity index (χ4n) is 3.47. The average molecular weight is 478 g/mol. The maximum atomic E-state index is 9.40. The topological polar surface area (TPSA) is 104 Å². The van der Waals surface area contributed by atoms with Crippen molar-refractivity contribution >= 4 is 6.29 Å². The monoisotopic (exact) mass is 477 g/mol. The lowest BCUT2D eigenvalue weighted by Crippen LogP contribution is -2.07. The van der Waals surface area contributed by atoms with Gasteiger partial charge in [-0.1, -0.05) is 23.4 Å². The molecule has 0 saturated carbocycles. The van der Waals surface area contributed by atoms with Crippen LogP contribution in [-0.4, -0.2) is 62.2 Å². The summed E-state index contributed by atoms with van der Waals surface area (Å²) in [5, 5.41) is 16.2. The van der Waals surface area contributed by atoms with Crippen LogP contribution in [0, 0.1) is 11.3 Å². The molecule has 8 heteroatoms. The van der Waals surface area contributed by atoms with Crippen LogP contribution >= 0.6 is 0 Å². The van der Waals surface area contributed by atoms with Gasteiger partial charge >= 0.3 is 0 Å². The van der Waals surface area contributed by atoms with Crippen molar-refractivity contribution < 1.29 is 14.1 Å². The molecule has 2 aromatic carbocycles. The van der Waals surface area contributed by atoms with Crippen LogP contribution < -0.4 is 10.1 Å². The number of benzene rings is 2. The largest absolute Gasteiger partial charge is 0.490 e. The van der Waals surface area contributed by atoms with Crippen molar-refractivity contribution in [2.75, 3.05) is 34.7 Å². The summed E-state index contributed by atoms with van der Waals surface area (Å²) in [4.78, 5) is 15.9. The number of fused-ring (bicyclic) bond motifs is 1. The summed E-state index contributed by atoms with van der Waals surface area (Å²) in [7, 11) is 7.73. The predicted molar refractivity (Wildman–Crippen MR) is 137 cm³/mol. The van der Waals surface area contributed by atoms with Gasteiger partial charge < -0.3 is 24.3 Å². The molecular formula is C27H35N5O3. The highest BCUT2D eigenvalue weighted by molar-refractivity contribution is 5.66. The molecule has 1 aliphatic rings. The van der Waals surface area contributed by atoms with Gasteiger partial charge in [0.05, 0.1) is 18.2 Å². The first-order valence-electron chi connectivity index (χ1n) is 11.7. The maximum absolute atomic E-state index is 9.40. The molecule has 8 nitrogen and oxygen atoms in total. The number of ether oxygens (including phenoxy) is 1. The molecule has 4 rings (SSSR count). The van der Waals surface area contributed by atoms with E-state index in [4.69, 9.17) is 9.26 Å². The number of nitriles is 1. The Labute approximate surface area is 207 Å². The van der Waals surface area contributed by atoms with Crippen LogP contribution in [0.25, 0.3) is 22.8 Å². The van der Waals surface area contributed by atoms with Crippen LogP contribution in [0.4, 0.5) is 0 Å². The summed E-state index contributed by atoms with van der Waals surface area (Å²) in [6.07, 6.45) is 4.15. The second-order valence-electron chi connectivity index (χ2n) is 8.78. The Bertz CT molecular complexity index is 1130. The summed E-state index contributed by atoms with van der Waals surface area (Å²) in [5.74, 6) is 1.56. The zero-order valence-corrected chi connectivity index (χ0v) is 21.5. The first kappa shape index (κ1) is 27.7. The number of carbonyl (C=O) groups excluding carboxylic acids is 1. The Balaban J connectivity index is 0.000000414. The van der Waals surface area contributed by atoms with E-state index >= 15 is 0 Å². The zero-order valence-electron chi connectivity index (χ0n) is 21.5. The number of hydrogen-bond acceptors (Lipinski definition) is 8. The van der Waals surface area contributed by atoms with Crippen LogP contribution in [0.3, 0.4) is 0 Å². The minimum Gasteiger partial charge on any atom is -0.490 e. The lowest BCUT2D eigenvalue weighted by atomic mass is 10.0. The van der Waals surface area contributed by atoms with E-state index in [9.17, 15) is 10.1 Å². The van der Waals surface area contributed by atoms with Crippen molar-refractivity contribution in [3.8, 4) is 34.7 Å². The van der Waals surface area contributed by atoms with Crippen LogP contribution in [0.5, 0.6) is 5.75 Å². The molecule has 0 aliphatic heterocycles. The number of nitrogens with one attached hydrogen (secondary N) is 1. The van der Waals surface area contributed by atoms with Crippen molar-refractivity contribution in [2.45, 2.75) is 39.2 Å². The molecule has 1 aliphatic carbocycles. The number of aldehydes is 1. The Morgan fingerprint density at radius 1 is 1.23 bits per heavy atom. The van der Waals surface area contributed by atoms with Crippen molar-refractivity contribution in [1.29, 1.82) is 5.26 Å². The van der Waals surface area contributed by atoms with Gasteiger partial charge in [-0.05, 0) is 90.6 Å². The van der Waals surface area contributed by atoms with Crippen LogP contribution in [0.2, 0.25) is 0 Å². The van der Waals surface area contributed by atoms with Gasteiger partial charge in [0.1, 0.15) is 18.1 Å². The van der Waals surface area contributed by atoms with E-state index < -0.39 is 0 Å². The summed E-state index contributed by atoms with van der Waals surface area (Å²) < 4.78 is 11.1. The van der Waals surface area contributed by atoms with Crippen LogP contribution in [0.1, 0.15) is 37.0 Å². The first-order chi connectivity index (χ1) is 16.8. The van der Waals surface area contributed by atoms with E-state index in [2.05, 4.69) is 27.6 Å². The Morgan fingerprint density at radius 2 is 1.97 bits per heavy atom. The van der Waals surface area contributed by atoms with E-state index in [0.717, 1.165) is 24.7 Å². The molecule has 0 radical (unpaired) electrons. The summed E-state index contributed by atoms with van der Waals surface area (Å²) in [5.41, 5.74) is 4.89. The quantitative estimate of drug-likeness (QED) is 0.529. The molecule has 0 bridgehead atoms. The number of carbonyl (C=O) groups is 1. The number of aryl methyl sites for hydroxylation is 1. The number of rotatable bonds is 6. The molecule has 3 aromatic rings. The maximum Gasteiger partial charge on any atom is 0.258 e. The van der Waals surface area contributed by atoms with Gasteiger partial charge in [0, 0.05) is 11.1 Å². The second-order valence-corrected chi connectivity index (χ2v) is 8.78. The highest BCUT2D eigenvalue weighted by atomic mass is 16.5. The molecule has 0 saturated heterocycles. The van der Waals surface area contributed by atoms with Gasteiger partial charge in [0.15, 0.2) is 0 Å². The Morgan fingerprint density at radius 3 is 2.57 bits per heavy atom. The minimum absolute atomic E-state index is 0.00290. The Hall–Kier alpha value is -3.54. The molecular weight excluding hydrogens is 442 g/mol. The fraction of sp³-hybridized carbons (Fsp3) is 0.407. The smallest absolute Gasteiger partial charge is 0.258 e. The van der Waals surface area contributed by atoms with Gasteiger partial charge in [-0.3, -0.25) is 0 Å². The lowest BCUT2D eigenvalue weighted by molar-refractivity contribution is -0.107. The van der Waals surface area contributed by atoms with Gasteiger partial charge in [0.25, 0.3) is 5.89 Å². The van der Waals surface area contributed by atoms with Crippen LogP contribution in [0.15, 0.2) is 40.9 Å². The number of nitrogens with zero attached hydrogens (tertiary/aromatic N) is 4. The van der Waals surface area contributed by atoms with Crippen molar-refractivity contribution in [3.05, 3.63) is 53.1 Å². The molecule has 1 aromatic heterocycles. The predicted octanol–water partition coefficient (Wildman–Crippen LogP) is 4.13. The molecule has 0 fully saturated rings. The molecule has 186 valence electrons. The Kier molecular flexibility index (Phi) is 11.1. The molecule has 35 heavy (non-hydrogen) atoms. The van der Waals surface area contributed by atoms with Crippen molar-refractivity contribution in [2.24, 2.45) is 0 Å². The number of likely N-dealkylation sites (N-methyl/N-ethyl adjacent to an activating group) is 1. The molecule has 0 amide bonds. The molecule has 1 N–H and O–H groups in total. The first-order valence-corrected chi connectivity index (χ1v) is 11.7. The second kappa shape index (κ2) is 14.0. The van der Waals surface area contributed by atoms with Crippen LogP contribution in [-0.2, 0) is 17.6 Å². The van der Waals surface area contributed by atoms with Gasteiger partial charge in [0.2, 0.25) is 5.82 Å². The van der Waals surface area contributed by atoms with E-state index in [-0.39, 0.29) is 6.10 Å². The van der Waals surface area contributed by atoms with E-state index in [0.29, 0.717) is 35.1 Å². The van der Waals surface area contributed by atoms with E-state index in [1.54, 1.807) is 19.2 Å². The van der Waals surface area contributed by atoms with Gasteiger partial charge in [-0.15, -0.1) is 0 Å². The fourth-order valence-corrected chi connectivity index (χ4v) is 3.47. The third kappa shape index (κ3) is 8.32. The van der Waals surface area contributed by atoms with Gasteiger partial charge in [-0.2, -0.15) is 10.2 Å². The number of aromatic nitrogens is 2. The van der Waals surface area contributed by atoms with Crippen molar-refractivity contribution in [1.82, 2.24) is 20.4 Å². The normalized spacial score (nSPS) is 11.6. The zero-order chi connectivity index (χ0) is 25.8. The molecule has 0 unspecified atom stereocenters. The molecule has 0 atom stereocenters. The SMILES string of the molecule is CC(C)Oc1ccc(-c2nc(-c3cccc4c3CCC4)no2)cc1C#N.CN(C)C.CNCC=O. The highest BCUT2D eigenvalue weighted by Crippen LogP contribution is 2.32.